The predicted octanol–water partition coefficient (Wildman–Crippen LogP) is 2.77. The third-order valence-electron chi connectivity index (χ3n) is 4.22. The molecule has 1 aliphatic rings. The van der Waals surface area contributed by atoms with Crippen LogP contribution >= 0.6 is 0 Å². The SMILES string of the molecule is COc1ccc(C(=O)[C@H]2CC[C@@H](CCO)CC2)cc1O. The first-order valence-electron chi connectivity index (χ1n) is 7.17. The number of methoxy groups -OCH3 is 1. The molecule has 1 aromatic carbocycles. The fourth-order valence-electron chi connectivity index (χ4n) is 2.97. The fourth-order valence-corrected chi connectivity index (χ4v) is 2.97. The van der Waals surface area contributed by atoms with E-state index in [1.807, 2.05) is 0 Å². The molecule has 0 aromatic heterocycles. The minimum absolute atomic E-state index is 0.00677. The number of carbonyl (C=O) groups excluding carboxylic acids is 1. The van der Waals surface area contributed by atoms with Crippen molar-refractivity contribution in [2.75, 3.05) is 13.7 Å². The van der Waals surface area contributed by atoms with Gasteiger partial charge in [-0.05, 0) is 56.2 Å². The number of aliphatic hydroxyl groups excluding tert-OH is 1. The van der Waals surface area contributed by atoms with E-state index in [2.05, 4.69) is 0 Å². The van der Waals surface area contributed by atoms with Crippen molar-refractivity contribution in [2.45, 2.75) is 32.1 Å². The molecule has 1 aromatic rings. The minimum Gasteiger partial charge on any atom is -0.504 e. The average molecular weight is 278 g/mol. The molecule has 4 heteroatoms. The van der Waals surface area contributed by atoms with Crippen LogP contribution < -0.4 is 4.74 Å². The molecule has 0 unspecified atom stereocenters. The molecule has 0 saturated heterocycles. The van der Waals surface area contributed by atoms with Gasteiger partial charge in [0, 0.05) is 18.1 Å². The zero-order chi connectivity index (χ0) is 14.5. The number of phenolic OH excluding ortho intramolecular Hbond substituents is 1. The van der Waals surface area contributed by atoms with Crippen LogP contribution in [0, 0.1) is 11.8 Å². The molecule has 0 spiro atoms. The lowest BCUT2D eigenvalue weighted by Gasteiger charge is -2.27. The van der Waals surface area contributed by atoms with E-state index in [-0.39, 0.29) is 24.1 Å². The van der Waals surface area contributed by atoms with E-state index in [0.29, 0.717) is 17.2 Å². The van der Waals surface area contributed by atoms with Crippen LogP contribution in [0.15, 0.2) is 18.2 Å². The number of ketones is 1. The second-order valence-corrected chi connectivity index (χ2v) is 5.48. The highest BCUT2D eigenvalue weighted by Gasteiger charge is 2.27. The van der Waals surface area contributed by atoms with Crippen molar-refractivity contribution < 1.29 is 19.7 Å². The van der Waals surface area contributed by atoms with Gasteiger partial charge in [0.15, 0.2) is 17.3 Å². The maximum absolute atomic E-state index is 12.4. The van der Waals surface area contributed by atoms with Gasteiger partial charge in [-0.1, -0.05) is 0 Å². The first-order valence-corrected chi connectivity index (χ1v) is 7.17. The zero-order valence-electron chi connectivity index (χ0n) is 11.8. The van der Waals surface area contributed by atoms with Crippen molar-refractivity contribution in [3.8, 4) is 11.5 Å². The number of phenols is 1. The van der Waals surface area contributed by atoms with Gasteiger partial charge in [0.1, 0.15) is 0 Å². The first kappa shape index (κ1) is 14.9. The van der Waals surface area contributed by atoms with Crippen molar-refractivity contribution in [3.63, 3.8) is 0 Å². The molecule has 0 bridgehead atoms. The summed E-state index contributed by atoms with van der Waals surface area (Å²) in [6.07, 6.45) is 4.58. The van der Waals surface area contributed by atoms with Crippen LogP contribution in [-0.4, -0.2) is 29.7 Å². The smallest absolute Gasteiger partial charge is 0.166 e. The Morgan fingerprint density at radius 3 is 2.55 bits per heavy atom. The van der Waals surface area contributed by atoms with Gasteiger partial charge in [-0.3, -0.25) is 4.79 Å². The summed E-state index contributed by atoms with van der Waals surface area (Å²) in [6.45, 7) is 0.232. The summed E-state index contributed by atoms with van der Waals surface area (Å²) in [4.78, 5) is 12.4. The summed E-state index contributed by atoms with van der Waals surface area (Å²) in [5.41, 5.74) is 0.550. The summed E-state index contributed by atoms with van der Waals surface area (Å²) in [5.74, 6) is 1.08. The normalized spacial score (nSPS) is 22.5. The Balaban J connectivity index is 2.00. The van der Waals surface area contributed by atoms with Gasteiger partial charge in [0.05, 0.1) is 7.11 Å². The monoisotopic (exact) mass is 278 g/mol. The van der Waals surface area contributed by atoms with Crippen LogP contribution in [0.5, 0.6) is 11.5 Å². The summed E-state index contributed by atoms with van der Waals surface area (Å²) in [7, 11) is 1.49. The molecule has 20 heavy (non-hydrogen) atoms. The third-order valence-corrected chi connectivity index (χ3v) is 4.22. The molecule has 2 rings (SSSR count). The van der Waals surface area contributed by atoms with Gasteiger partial charge in [-0.25, -0.2) is 0 Å². The predicted molar refractivity (Wildman–Crippen MR) is 76.1 cm³/mol. The molecule has 4 nitrogen and oxygen atoms in total. The van der Waals surface area contributed by atoms with E-state index in [0.717, 1.165) is 32.1 Å². The number of rotatable bonds is 5. The molecule has 0 amide bonds. The number of carbonyl (C=O) groups is 1. The highest BCUT2D eigenvalue weighted by atomic mass is 16.5. The molecular weight excluding hydrogens is 256 g/mol. The van der Waals surface area contributed by atoms with E-state index in [9.17, 15) is 9.90 Å². The number of hydrogen-bond acceptors (Lipinski definition) is 4. The highest BCUT2D eigenvalue weighted by Crippen LogP contribution is 2.34. The summed E-state index contributed by atoms with van der Waals surface area (Å²) in [5, 5.41) is 18.7. The van der Waals surface area contributed by atoms with Gasteiger partial charge in [-0.2, -0.15) is 0 Å². The van der Waals surface area contributed by atoms with Crippen molar-refractivity contribution in [2.24, 2.45) is 11.8 Å². The summed E-state index contributed by atoms with van der Waals surface area (Å²) in [6, 6.07) is 4.82. The average Bonchev–Trinajstić information content (AvgIpc) is 2.47. The Morgan fingerprint density at radius 1 is 1.30 bits per heavy atom. The van der Waals surface area contributed by atoms with Crippen LogP contribution in [0.25, 0.3) is 0 Å². The van der Waals surface area contributed by atoms with Crippen molar-refractivity contribution >= 4 is 5.78 Å². The van der Waals surface area contributed by atoms with Crippen LogP contribution in [-0.2, 0) is 0 Å². The summed E-state index contributed by atoms with van der Waals surface area (Å²) < 4.78 is 4.98. The Bertz CT molecular complexity index is 462. The quantitative estimate of drug-likeness (QED) is 0.813. The number of benzene rings is 1. The number of hydrogen-bond donors (Lipinski definition) is 2. The van der Waals surface area contributed by atoms with Crippen molar-refractivity contribution in [1.29, 1.82) is 0 Å². The lowest BCUT2D eigenvalue weighted by molar-refractivity contribution is 0.0864. The minimum atomic E-state index is 0.00677. The summed E-state index contributed by atoms with van der Waals surface area (Å²) >= 11 is 0. The molecule has 0 aliphatic heterocycles. The van der Waals surface area contributed by atoms with Gasteiger partial charge in [0.2, 0.25) is 0 Å². The first-order chi connectivity index (χ1) is 9.65. The van der Waals surface area contributed by atoms with Crippen molar-refractivity contribution in [3.05, 3.63) is 23.8 Å². The van der Waals surface area contributed by atoms with Gasteiger partial charge in [0.25, 0.3) is 0 Å². The van der Waals surface area contributed by atoms with Gasteiger partial charge in [-0.15, -0.1) is 0 Å². The van der Waals surface area contributed by atoms with Crippen LogP contribution in [0.4, 0.5) is 0 Å². The molecule has 0 radical (unpaired) electrons. The molecule has 0 atom stereocenters. The molecule has 1 saturated carbocycles. The lowest BCUT2D eigenvalue weighted by Crippen LogP contribution is -2.22. The molecule has 110 valence electrons. The number of ether oxygens (including phenoxy) is 1. The van der Waals surface area contributed by atoms with E-state index >= 15 is 0 Å². The van der Waals surface area contributed by atoms with Crippen LogP contribution in [0.1, 0.15) is 42.5 Å². The van der Waals surface area contributed by atoms with Crippen LogP contribution in [0.2, 0.25) is 0 Å². The second kappa shape index (κ2) is 6.75. The molecule has 1 aliphatic carbocycles. The maximum atomic E-state index is 12.4. The van der Waals surface area contributed by atoms with Crippen LogP contribution in [0.3, 0.4) is 0 Å². The van der Waals surface area contributed by atoms with Gasteiger partial charge < -0.3 is 14.9 Å². The lowest BCUT2D eigenvalue weighted by atomic mass is 9.77. The standard InChI is InChI=1S/C16H22O4/c1-20-15-7-6-13(10-14(15)18)16(19)12-4-2-11(3-5-12)8-9-17/h6-7,10-12,17-18H,2-5,8-9H2,1H3/t11-,12+. The zero-order valence-corrected chi connectivity index (χ0v) is 11.8. The topological polar surface area (TPSA) is 66.8 Å². The van der Waals surface area contributed by atoms with E-state index in [1.165, 1.54) is 13.2 Å². The molecule has 2 N–H and O–H groups in total. The molecule has 0 heterocycles. The third kappa shape index (κ3) is 3.31. The fraction of sp³-hybridized carbons (Fsp3) is 0.562. The Morgan fingerprint density at radius 2 is 2.00 bits per heavy atom. The Kier molecular flexibility index (Phi) is 5.01. The molecular formula is C16H22O4. The maximum Gasteiger partial charge on any atom is 0.166 e. The van der Waals surface area contributed by atoms with E-state index in [4.69, 9.17) is 9.84 Å². The largest absolute Gasteiger partial charge is 0.504 e. The van der Waals surface area contributed by atoms with E-state index in [1.54, 1.807) is 12.1 Å². The highest BCUT2D eigenvalue weighted by molar-refractivity contribution is 5.98. The molecule has 1 fully saturated rings. The van der Waals surface area contributed by atoms with E-state index < -0.39 is 0 Å². The number of aliphatic hydroxyl groups is 1. The Labute approximate surface area is 119 Å². The van der Waals surface area contributed by atoms with Gasteiger partial charge >= 0.3 is 0 Å². The second-order valence-electron chi connectivity index (χ2n) is 5.48. The number of aromatic hydroxyl groups is 1. The number of Topliss-reactive ketones (excluding diaryl/α,β-unsaturated/α-hetero) is 1. The Hall–Kier alpha value is -1.55. The van der Waals surface area contributed by atoms with Crippen molar-refractivity contribution in [1.82, 2.24) is 0 Å².